The van der Waals surface area contributed by atoms with Crippen molar-refractivity contribution in [2.45, 2.75) is 32.9 Å². The fourth-order valence-electron chi connectivity index (χ4n) is 2.51. The van der Waals surface area contributed by atoms with E-state index >= 15 is 0 Å². The van der Waals surface area contributed by atoms with Crippen molar-refractivity contribution >= 4 is 11.6 Å². The van der Waals surface area contributed by atoms with Crippen LogP contribution in [0.4, 0.5) is 4.39 Å². The van der Waals surface area contributed by atoms with Crippen LogP contribution in [-0.2, 0) is 6.54 Å². The molecule has 1 aliphatic heterocycles. The molecule has 1 N–H and O–H groups in total. The molecule has 0 amide bonds. The molecule has 0 bridgehead atoms. The first-order valence-corrected chi connectivity index (χ1v) is 7.33. The van der Waals surface area contributed by atoms with Gasteiger partial charge < -0.3 is 5.32 Å². The van der Waals surface area contributed by atoms with Crippen molar-refractivity contribution in [3.63, 3.8) is 0 Å². The summed E-state index contributed by atoms with van der Waals surface area (Å²) in [5.41, 5.74) is 1.08. The van der Waals surface area contributed by atoms with Gasteiger partial charge in [0.25, 0.3) is 0 Å². The summed E-state index contributed by atoms with van der Waals surface area (Å²) < 4.78 is 13.2. The smallest absolute Gasteiger partial charge is 0.141 e. The maximum absolute atomic E-state index is 13.2. The molecule has 2 rings (SSSR count). The van der Waals surface area contributed by atoms with Crippen molar-refractivity contribution in [3.8, 4) is 0 Å². The van der Waals surface area contributed by atoms with E-state index in [0.29, 0.717) is 12.0 Å². The Morgan fingerprint density at radius 1 is 1.47 bits per heavy atom. The lowest BCUT2D eigenvalue weighted by molar-refractivity contribution is 0.238. The highest BCUT2D eigenvalue weighted by atomic mass is 35.5. The highest BCUT2D eigenvalue weighted by Crippen LogP contribution is 2.18. The Morgan fingerprint density at radius 2 is 2.26 bits per heavy atom. The Bertz CT molecular complexity index is 423. The highest BCUT2D eigenvalue weighted by Gasteiger charge is 2.20. The number of nitrogens with zero attached hydrogens (tertiary/aromatic N) is 1. The van der Waals surface area contributed by atoms with E-state index in [1.807, 2.05) is 6.07 Å². The van der Waals surface area contributed by atoms with Crippen molar-refractivity contribution in [1.29, 1.82) is 0 Å². The third-order valence-corrected chi connectivity index (χ3v) is 4.00. The summed E-state index contributed by atoms with van der Waals surface area (Å²) in [4.78, 5) is 2.42. The van der Waals surface area contributed by atoms with E-state index < -0.39 is 0 Å². The Morgan fingerprint density at radius 3 is 2.95 bits per heavy atom. The molecule has 0 saturated carbocycles. The van der Waals surface area contributed by atoms with Crippen LogP contribution in [0.3, 0.4) is 0 Å². The van der Waals surface area contributed by atoms with Gasteiger partial charge in [0.2, 0.25) is 0 Å². The number of hydrogen-bond donors (Lipinski definition) is 1. The van der Waals surface area contributed by atoms with E-state index in [-0.39, 0.29) is 10.8 Å². The van der Waals surface area contributed by atoms with Crippen LogP contribution < -0.4 is 5.32 Å². The standard InChI is InChI=1S/C15H22ClFN2/c1-11(2)15-10-19(7-3-6-18-15)9-12-4-5-14(17)13(16)8-12/h4-5,8,11,15,18H,3,6-7,9-10H2,1-2H3. The fourth-order valence-corrected chi connectivity index (χ4v) is 2.71. The van der Waals surface area contributed by atoms with E-state index in [1.165, 1.54) is 6.07 Å². The van der Waals surface area contributed by atoms with Crippen LogP contribution in [0.2, 0.25) is 5.02 Å². The number of nitrogens with one attached hydrogen (secondary N) is 1. The SMILES string of the molecule is CC(C)C1CN(Cc2ccc(F)c(Cl)c2)CCCN1. The highest BCUT2D eigenvalue weighted by molar-refractivity contribution is 6.30. The molecule has 0 spiro atoms. The van der Waals surface area contributed by atoms with Gasteiger partial charge in [-0.1, -0.05) is 31.5 Å². The molecule has 1 aliphatic rings. The van der Waals surface area contributed by atoms with Crippen LogP contribution in [0.1, 0.15) is 25.8 Å². The van der Waals surface area contributed by atoms with E-state index in [0.717, 1.165) is 38.2 Å². The third kappa shape index (κ3) is 4.16. The Balaban J connectivity index is 2.02. The molecule has 1 atom stereocenters. The molecule has 106 valence electrons. The van der Waals surface area contributed by atoms with E-state index in [2.05, 4.69) is 24.1 Å². The zero-order valence-corrected chi connectivity index (χ0v) is 12.4. The molecule has 0 radical (unpaired) electrons. The van der Waals surface area contributed by atoms with Crippen molar-refractivity contribution in [2.24, 2.45) is 5.92 Å². The molecule has 1 saturated heterocycles. The summed E-state index contributed by atoms with van der Waals surface area (Å²) in [6.45, 7) is 8.51. The lowest BCUT2D eigenvalue weighted by atomic mass is 10.0. The van der Waals surface area contributed by atoms with Crippen LogP contribution in [0.25, 0.3) is 0 Å². The molecular weight excluding hydrogens is 263 g/mol. The first kappa shape index (κ1) is 14.8. The van der Waals surface area contributed by atoms with Gasteiger partial charge in [-0.15, -0.1) is 0 Å². The van der Waals surface area contributed by atoms with Gasteiger partial charge in [-0.25, -0.2) is 4.39 Å². The Hall–Kier alpha value is -0.640. The lowest BCUT2D eigenvalue weighted by Crippen LogP contribution is -2.41. The van der Waals surface area contributed by atoms with Gasteiger partial charge >= 0.3 is 0 Å². The van der Waals surface area contributed by atoms with Gasteiger partial charge in [0.05, 0.1) is 5.02 Å². The molecule has 0 aromatic heterocycles. The predicted molar refractivity (Wildman–Crippen MR) is 77.9 cm³/mol. The maximum Gasteiger partial charge on any atom is 0.141 e. The van der Waals surface area contributed by atoms with Gasteiger partial charge in [0, 0.05) is 19.1 Å². The van der Waals surface area contributed by atoms with Crippen LogP contribution in [0, 0.1) is 11.7 Å². The number of halogens is 2. The second kappa shape index (κ2) is 6.69. The molecule has 1 aromatic rings. The largest absolute Gasteiger partial charge is 0.312 e. The van der Waals surface area contributed by atoms with Crippen molar-refractivity contribution in [2.75, 3.05) is 19.6 Å². The molecule has 0 aliphatic carbocycles. The molecule has 4 heteroatoms. The van der Waals surface area contributed by atoms with Crippen molar-refractivity contribution < 1.29 is 4.39 Å². The Kier molecular flexibility index (Phi) is 5.20. The zero-order chi connectivity index (χ0) is 13.8. The summed E-state index contributed by atoms with van der Waals surface area (Å²) in [5.74, 6) is 0.278. The van der Waals surface area contributed by atoms with Crippen molar-refractivity contribution in [1.82, 2.24) is 10.2 Å². The predicted octanol–water partition coefficient (Wildman–Crippen LogP) is 3.30. The molecule has 1 aromatic carbocycles. The minimum atomic E-state index is -0.344. The second-order valence-electron chi connectivity index (χ2n) is 5.64. The number of rotatable bonds is 3. The average molecular weight is 285 g/mol. The number of benzene rings is 1. The van der Waals surface area contributed by atoms with Gasteiger partial charge in [-0.3, -0.25) is 4.90 Å². The summed E-state index contributed by atoms with van der Waals surface area (Å²) in [5, 5.41) is 3.80. The van der Waals surface area contributed by atoms with Gasteiger partial charge in [0.1, 0.15) is 5.82 Å². The van der Waals surface area contributed by atoms with Gasteiger partial charge in [-0.2, -0.15) is 0 Å². The molecule has 1 heterocycles. The molecule has 2 nitrogen and oxygen atoms in total. The monoisotopic (exact) mass is 284 g/mol. The Labute approximate surface area is 119 Å². The van der Waals surface area contributed by atoms with Crippen LogP contribution in [0.15, 0.2) is 18.2 Å². The van der Waals surface area contributed by atoms with E-state index in [1.54, 1.807) is 6.07 Å². The second-order valence-corrected chi connectivity index (χ2v) is 6.05. The van der Waals surface area contributed by atoms with Gasteiger partial charge in [0.15, 0.2) is 0 Å². The van der Waals surface area contributed by atoms with Crippen LogP contribution in [0.5, 0.6) is 0 Å². The van der Waals surface area contributed by atoms with E-state index in [4.69, 9.17) is 11.6 Å². The summed E-state index contributed by atoms with van der Waals surface area (Å²) in [6, 6.07) is 5.54. The molecule has 1 fully saturated rings. The molecule has 19 heavy (non-hydrogen) atoms. The molecule has 1 unspecified atom stereocenters. The summed E-state index contributed by atoms with van der Waals surface area (Å²) in [7, 11) is 0. The summed E-state index contributed by atoms with van der Waals surface area (Å²) in [6.07, 6.45) is 1.15. The topological polar surface area (TPSA) is 15.3 Å². The normalized spacial score (nSPS) is 21.6. The quantitative estimate of drug-likeness (QED) is 0.916. The molecular formula is C15H22ClFN2. The number of hydrogen-bond acceptors (Lipinski definition) is 2. The van der Waals surface area contributed by atoms with Crippen LogP contribution >= 0.6 is 11.6 Å². The third-order valence-electron chi connectivity index (χ3n) is 3.71. The average Bonchev–Trinajstić information content (AvgIpc) is 2.59. The minimum absolute atomic E-state index is 0.214. The maximum atomic E-state index is 13.2. The first-order valence-electron chi connectivity index (χ1n) is 6.96. The minimum Gasteiger partial charge on any atom is -0.312 e. The lowest BCUT2D eigenvalue weighted by Gasteiger charge is -2.26. The summed E-state index contributed by atoms with van der Waals surface area (Å²) >= 11 is 5.84. The zero-order valence-electron chi connectivity index (χ0n) is 11.6. The fraction of sp³-hybridized carbons (Fsp3) is 0.600. The van der Waals surface area contributed by atoms with Crippen LogP contribution in [-0.4, -0.2) is 30.6 Å². The van der Waals surface area contributed by atoms with Gasteiger partial charge in [-0.05, 0) is 43.1 Å². The first-order chi connectivity index (χ1) is 9.06. The van der Waals surface area contributed by atoms with E-state index in [9.17, 15) is 4.39 Å². The van der Waals surface area contributed by atoms with Crippen molar-refractivity contribution in [3.05, 3.63) is 34.6 Å².